The van der Waals surface area contributed by atoms with Crippen LogP contribution in [-0.2, 0) is 17.8 Å². The zero-order chi connectivity index (χ0) is 21.8. The topological polar surface area (TPSA) is 63.9 Å². The summed E-state index contributed by atoms with van der Waals surface area (Å²) in [5, 5.41) is 4.36. The van der Waals surface area contributed by atoms with Gasteiger partial charge in [0.25, 0.3) is 0 Å². The lowest BCUT2D eigenvalue weighted by Crippen LogP contribution is -2.39. The van der Waals surface area contributed by atoms with E-state index in [9.17, 15) is 4.79 Å². The van der Waals surface area contributed by atoms with Gasteiger partial charge in [0.05, 0.1) is 6.54 Å². The van der Waals surface area contributed by atoms with E-state index in [2.05, 4.69) is 53.4 Å². The van der Waals surface area contributed by atoms with Gasteiger partial charge in [0.1, 0.15) is 11.6 Å². The fourth-order valence-corrected chi connectivity index (χ4v) is 4.42. The molecule has 1 saturated heterocycles. The average Bonchev–Trinajstić information content (AvgIpc) is 3.09. The van der Waals surface area contributed by atoms with Crippen molar-refractivity contribution in [3.63, 3.8) is 0 Å². The van der Waals surface area contributed by atoms with Crippen LogP contribution in [0.25, 0.3) is 0 Å². The van der Waals surface area contributed by atoms with Crippen LogP contribution in [0.2, 0.25) is 0 Å². The van der Waals surface area contributed by atoms with Crippen molar-refractivity contribution >= 4 is 5.91 Å². The standard InChI is InChI=1S/C25H31N5O/c1-18-6-4-7-21(14-18)15-22-9-10-24(26-16-22)23-8-5-12-29(17-23)25(31)11-13-30-20(3)27-19(2)28-30/h4,6-7,9-10,14,16,23H,5,8,11-13,15,17H2,1-3H3/t23-/m0/s1. The number of carbonyl (C=O) groups excluding carboxylic acids is 1. The lowest BCUT2D eigenvalue weighted by molar-refractivity contribution is -0.132. The Morgan fingerprint density at radius 2 is 2.00 bits per heavy atom. The molecule has 0 aliphatic carbocycles. The molecule has 31 heavy (non-hydrogen) atoms. The molecule has 1 amide bonds. The molecule has 4 rings (SSSR count). The zero-order valence-corrected chi connectivity index (χ0v) is 18.7. The number of hydrogen-bond donors (Lipinski definition) is 0. The predicted molar refractivity (Wildman–Crippen MR) is 121 cm³/mol. The number of aromatic nitrogens is 4. The third-order valence-electron chi connectivity index (χ3n) is 6.03. The summed E-state index contributed by atoms with van der Waals surface area (Å²) in [6, 6.07) is 12.9. The summed E-state index contributed by atoms with van der Waals surface area (Å²) in [6.07, 6.45) is 5.44. The van der Waals surface area contributed by atoms with Gasteiger partial charge in [-0.1, -0.05) is 35.9 Å². The molecule has 0 saturated carbocycles. The van der Waals surface area contributed by atoms with Crippen molar-refractivity contribution in [2.45, 2.75) is 58.9 Å². The number of rotatable bonds is 6. The van der Waals surface area contributed by atoms with Gasteiger partial charge in [-0.05, 0) is 57.2 Å². The molecule has 0 radical (unpaired) electrons. The van der Waals surface area contributed by atoms with Crippen LogP contribution >= 0.6 is 0 Å². The molecule has 6 heteroatoms. The Morgan fingerprint density at radius 3 is 2.71 bits per heavy atom. The van der Waals surface area contributed by atoms with E-state index in [4.69, 9.17) is 4.98 Å². The number of carbonyl (C=O) groups is 1. The van der Waals surface area contributed by atoms with Gasteiger partial charge >= 0.3 is 0 Å². The third kappa shape index (κ3) is 5.37. The maximum absolute atomic E-state index is 12.8. The lowest BCUT2D eigenvalue weighted by atomic mass is 9.93. The molecule has 3 heterocycles. The second kappa shape index (κ2) is 9.41. The van der Waals surface area contributed by atoms with Crippen molar-refractivity contribution in [3.8, 4) is 0 Å². The van der Waals surface area contributed by atoms with Crippen molar-refractivity contribution in [1.29, 1.82) is 0 Å². The summed E-state index contributed by atoms with van der Waals surface area (Å²) >= 11 is 0. The molecule has 1 fully saturated rings. The van der Waals surface area contributed by atoms with E-state index in [0.29, 0.717) is 18.9 Å². The molecule has 0 bridgehead atoms. The van der Waals surface area contributed by atoms with E-state index in [1.165, 1.54) is 16.7 Å². The van der Waals surface area contributed by atoms with Gasteiger partial charge in [0.2, 0.25) is 5.91 Å². The van der Waals surface area contributed by atoms with Gasteiger partial charge in [0, 0.05) is 37.3 Å². The number of likely N-dealkylation sites (tertiary alicyclic amines) is 1. The number of benzene rings is 1. The summed E-state index contributed by atoms with van der Waals surface area (Å²) in [5.41, 5.74) is 4.90. The summed E-state index contributed by atoms with van der Waals surface area (Å²) in [4.78, 5) is 23.9. The highest BCUT2D eigenvalue weighted by atomic mass is 16.2. The van der Waals surface area contributed by atoms with Crippen LogP contribution in [0.4, 0.5) is 0 Å². The Bertz CT molecular complexity index is 1040. The van der Waals surface area contributed by atoms with Crippen LogP contribution in [0.1, 0.15) is 59.2 Å². The molecule has 1 aromatic carbocycles. The van der Waals surface area contributed by atoms with Crippen LogP contribution in [0.5, 0.6) is 0 Å². The highest BCUT2D eigenvalue weighted by Gasteiger charge is 2.25. The van der Waals surface area contributed by atoms with E-state index in [-0.39, 0.29) is 5.91 Å². The Morgan fingerprint density at radius 1 is 1.13 bits per heavy atom. The third-order valence-corrected chi connectivity index (χ3v) is 6.03. The molecule has 0 N–H and O–H groups in total. The first kappa shape index (κ1) is 21.2. The first-order valence-corrected chi connectivity index (χ1v) is 11.1. The van der Waals surface area contributed by atoms with Crippen LogP contribution in [0.3, 0.4) is 0 Å². The van der Waals surface area contributed by atoms with Crippen molar-refractivity contribution in [3.05, 3.63) is 76.6 Å². The minimum absolute atomic E-state index is 0.188. The average molecular weight is 418 g/mol. The van der Waals surface area contributed by atoms with E-state index in [1.54, 1.807) is 0 Å². The highest BCUT2D eigenvalue weighted by Crippen LogP contribution is 2.26. The van der Waals surface area contributed by atoms with Gasteiger partial charge in [0.15, 0.2) is 0 Å². The molecule has 162 valence electrons. The van der Waals surface area contributed by atoms with Gasteiger partial charge in [-0.3, -0.25) is 9.78 Å². The summed E-state index contributed by atoms with van der Waals surface area (Å²) < 4.78 is 1.82. The van der Waals surface area contributed by atoms with Gasteiger partial charge < -0.3 is 4.90 Å². The van der Waals surface area contributed by atoms with E-state index >= 15 is 0 Å². The largest absolute Gasteiger partial charge is 0.342 e. The first-order chi connectivity index (χ1) is 15.0. The number of aryl methyl sites for hydroxylation is 4. The van der Waals surface area contributed by atoms with Crippen LogP contribution in [0.15, 0.2) is 42.6 Å². The minimum Gasteiger partial charge on any atom is -0.342 e. The van der Waals surface area contributed by atoms with E-state index < -0.39 is 0 Å². The fourth-order valence-electron chi connectivity index (χ4n) is 4.42. The van der Waals surface area contributed by atoms with Crippen molar-refractivity contribution in [2.24, 2.45) is 0 Å². The van der Waals surface area contributed by atoms with Crippen molar-refractivity contribution in [2.75, 3.05) is 13.1 Å². The molecule has 0 spiro atoms. The van der Waals surface area contributed by atoms with Gasteiger partial charge in [-0.25, -0.2) is 9.67 Å². The second-order valence-corrected chi connectivity index (χ2v) is 8.62. The predicted octanol–water partition coefficient (Wildman–Crippen LogP) is 3.99. The maximum atomic E-state index is 12.8. The monoisotopic (exact) mass is 417 g/mol. The maximum Gasteiger partial charge on any atom is 0.224 e. The Kier molecular flexibility index (Phi) is 6.44. The molecular formula is C25H31N5O. The summed E-state index contributed by atoms with van der Waals surface area (Å²) in [6.45, 7) is 8.08. The van der Waals surface area contributed by atoms with Crippen LogP contribution in [-0.4, -0.2) is 43.6 Å². The number of amides is 1. The molecule has 0 unspecified atom stereocenters. The second-order valence-electron chi connectivity index (χ2n) is 8.62. The fraction of sp³-hybridized carbons (Fsp3) is 0.440. The van der Waals surface area contributed by atoms with E-state index in [0.717, 1.165) is 49.7 Å². The molecule has 1 atom stereocenters. The van der Waals surface area contributed by atoms with Crippen molar-refractivity contribution < 1.29 is 4.79 Å². The van der Waals surface area contributed by atoms with Gasteiger partial charge in [-0.15, -0.1) is 0 Å². The van der Waals surface area contributed by atoms with Crippen LogP contribution < -0.4 is 0 Å². The van der Waals surface area contributed by atoms with Crippen LogP contribution in [0, 0.1) is 20.8 Å². The normalized spacial score (nSPS) is 16.5. The Hall–Kier alpha value is -3.02. The molecule has 1 aliphatic heterocycles. The number of hydrogen-bond acceptors (Lipinski definition) is 4. The van der Waals surface area contributed by atoms with Gasteiger partial charge in [-0.2, -0.15) is 5.10 Å². The zero-order valence-electron chi connectivity index (χ0n) is 18.7. The smallest absolute Gasteiger partial charge is 0.224 e. The first-order valence-electron chi connectivity index (χ1n) is 11.1. The summed E-state index contributed by atoms with van der Waals surface area (Å²) in [5.74, 6) is 2.10. The Balaban J connectivity index is 1.34. The quantitative estimate of drug-likeness (QED) is 0.608. The molecule has 6 nitrogen and oxygen atoms in total. The Labute approximate surface area is 184 Å². The van der Waals surface area contributed by atoms with E-state index in [1.807, 2.05) is 29.6 Å². The number of piperidine rings is 1. The molecular weight excluding hydrogens is 386 g/mol. The minimum atomic E-state index is 0.188. The van der Waals surface area contributed by atoms with Crippen molar-refractivity contribution in [1.82, 2.24) is 24.6 Å². The molecule has 2 aromatic heterocycles. The summed E-state index contributed by atoms with van der Waals surface area (Å²) in [7, 11) is 0. The lowest BCUT2D eigenvalue weighted by Gasteiger charge is -2.32. The molecule has 1 aliphatic rings. The highest BCUT2D eigenvalue weighted by molar-refractivity contribution is 5.76. The number of pyridine rings is 1. The number of nitrogens with zero attached hydrogens (tertiary/aromatic N) is 5. The molecule has 3 aromatic rings. The SMILES string of the molecule is Cc1cccc(Cc2ccc([C@H]3CCCN(C(=O)CCn4nc(C)nc4C)C3)nc2)c1.